The van der Waals surface area contributed by atoms with Crippen molar-refractivity contribution in [3.63, 3.8) is 0 Å². The van der Waals surface area contributed by atoms with Crippen LogP contribution in [-0.4, -0.2) is 5.91 Å². The third-order valence-corrected chi connectivity index (χ3v) is 2.85. The minimum Gasteiger partial charge on any atom is -0.399 e. The quantitative estimate of drug-likeness (QED) is 0.810. The highest BCUT2D eigenvalue weighted by atomic mass is 16.1. The van der Waals surface area contributed by atoms with E-state index in [4.69, 9.17) is 5.73 Å². The monoisotopic (exact) mass is 240 g/mol. The summed E-state index contributed by atoms with van der Waals surface area (Å²) in [7, 11) is 0. The van der Waals surface area contributed by atoms with Crippen LogP contribution in [-0.2, 0) is 4.79 Å². The fourth-order valence-electron chi connectivity index (χ4n) is 1.76. The fraction of sp³-hybridized carbons (Fsp3) is 0.133. The van der Waals surface area contributed by atoms with E-state index >= 15 is 0 Å². The second-order valence-corrected chi connectivity index (χ2v) is 4.25. The molecule has 18 heavy (non-hydrogen) atoms. The SMILES string of the molecule is CC(C(=O)Nc1cccc(N)c1)c1ccccc1. The van der Waals surface area contributed by atoms with Crippen molar-refractivity contribution < 1.29 is 4.79 Å². The van der Waals surface area contributed by atoms with Crippen LogP contribution >= 0.6 is 0 Å². The van der Waals surface area contributed by atoms with Crippen molar-refractivity contribution in [2.75, 3.05) is 11.1 Å². The smallest absolute Gasteiger partial charge is 0.231 e. The molecule has 3 heteroatoms. The number of nitrogens with two attached hydrogens (primary N) is 1. The number of amides is 1. The van der Waals surface area contributed by atoms with Crippen molar-refractivity contribution in [1.82, 2.24) is 0 Å². The third-order valence-electron chi connectivity index (χ3n) is 2.85. The van der Waals surface area contributed by atoms with Gasteiger partial charge < -0.3 is 11.1 Å². The molecule has 0 bridgehead atoms. The minimum atomic E-state index is -0.187. The second kappa shape index (κ2) is 5.36. The lowest BCUT2D eigenvalue weighted by atomic mass is 10.0. The van der Waals surface area contributed by atoms with Crippen LogP contribution in [0.3, 0.4) is 0 Å². The van der Waals surface area contributed by atoms with Gasteiger partial charge in [0.05, 0.1) is 5.92 Å². The average Bonchev–Trinajstić information content (AvgIpc) is 2.39. The molecular formula is C15H16N2O. The number of carbonyl (C=O) groups excluding carboxylic acids is 1. The lowest BCUT2D eigenvalue weighted by molar-refractivity contribution is -0.117. The van der Waals surface area contributed by atoms with Gasteiger partial charge in [-0.2, -0.15) is 0 Å². The van der Waals surface area contributed by atoms with Gasteiger partial charge in [0.15, 0.2) is 0 Å². The van der Waals surface area contributed by atoms with Crippen molar-refractivity contribution >= 4 is 17.3 Å². The predicted molar refractivity (Wildman–Crippen MR) is 74.3 cm³/mol. The number of nitrogens with one attached hydrogen (secondary N) is 1. The van der Waals surface area contributed by atoms with Gasteiger partial charge in [0, 0.05) is 11.4 Å². The van der Waals surface area contributed by atoms with Crippen LogP contribution in [0.4, 0.5) is 11.4 Å². The number of rotatable bonds is 3. The molecular weight excluding hydrogens is 224 g/mol. The first-order chi connectivity index (χ1) is 8.66. The van der Waals surface area contributed by atoms with Crippen molar-refractivity contribution in [3.8, 4) is 0 Å². The lowest BCUT2D eigenvalue weighted by Crippen LogP contribution is -2.18. The maximum Gasteiger partial charge on any atom is 0.231 e. The van der Waals surface area contributed by atoms with Gasteiger partial charge in [0.25, 0.3) is 0 Å². The highest BCUT2D eigenvalue weighted by Crippen LogP contribution is 2.18. The van der Waals surface area contributed by atoms with Crippen LogP contribution in [0.1, 0.15) is 18.4 Å². The van der Waals surface area contributed by atoms with Crippen LogP contribution < -0.4 is 11.1 Å². The fourth-order valence-corrected chi connectivity index (χ4v) is 1.76. The standard InChI is InChI=1S/C15H16N2O/c1-11(12-6-3-2-4-7-12)15(18)17-14-9-5-8-13(16)10-14/h2-11H,16H2,1H3,(H,17,18). The Morgan fingerprint density at radius 2 is 1.83 bits per heavy atom. The molecule has 1 amide bonds. The summed E-state index contributed by atoms with van der Waals surface area (Å²) in [5.74, 6) is -0.223. The summed E-state index contributed by atoms with van der Waals surface area (Å²) < 4.78 is 0. The van der Waals surface area contributed by atoms with Crippen molar-refractivity contribution in [3.05, 3.63) is 60.2 Å². The number of nitrogen functional groups attached to an aromatic ring is 1. The van der Waals surface area contributed by atoms with Gasteiger partial charge in [0.1, 0.15) is 0 Å². The third kappa shape index (κ3) is 2.88. The molecule has 0 fully saturated rings. The average molecular weight is 240 g/mol. The molecule has 3 N–H and O–H groups in total. The summed E-state index contributed by atoms with van der Waals surface area (Å²) in [5.41, 5.74) is 8.03. The van der Waals surface area contributed by atoms with Crippen LogP contribution in [0.2, 0.25) is 0 Å². The molecule has 0 heterocycles. The molecule has 1 unspecified atom stereocenters. The molecule has 0 saturated heterocycles. The Balaban J connectivity index is 2.09. The van der Waals surface area contributed by atoms with Crippen molar-refractivity contribution in [2.45, 2.75) is 12.8 Å². The number of benzene rings is 2. The molecule has 0 spiro atoms. The van der Waals surface area contributed by atoms with Gasteiger partial charge in [-0.15, -0.1) is 0 Å². The van der Waals surface area contributed by atoms with E-state index in [1.54, 1.807) is 12.1 Å². The van der Waals surface area contributed by atoms with Crippen LogP contribution in [0.15, 0.2) is 54.6 Å². The highest BCUT2D eigenvalue weighted by Gasteiger charge is 2.14. The summed E-state index contributed by atoms with van der Waals surface area (Å²) in [5, 5.41) is 2.86. The summed E-state index contributed by atoms with van der Waals surface area (Å²) in [4.78, 5) is 12.1. The predicted octanol–water partition coefficient (Wildman–Crippen LogP) is 3.01. The summed E-state index contributed by atoms with van der Waals surface area (Å²) in [6.07, 6.45) is 0. The molecule has 0 saturated carbocycles. The Bertz CT molecular complexity index is 537. The number of anilines is 2. The first-order valence-corrected chi connectivity index (χ1v) is 5.88. The van der Waals surface area contributed by atoms with Crippen LogP contribution in [0.25, 0.3) is 0 Å². The van der Waals surface area contributed by atoms with E-state index in [-0.39, 0.29) is 11.8 Å². The molecule has 0 aromatic heterocycles. The minimum absolute atomic E-state index is 0.0354. The largest absolute Gasteiger partial charge is 0.399 e. The first kappa shape index (κ1) is 12.2. The van der Waals surface area contributed by atoms with Crippen molar-refractivity contribution in [1.29, 1.82) is 0 Å². The molecule has 3 nitrogen and oxygen atoms in total. The molecule has 92 valence electrons. The van der Waals surface area contributed by atoms with E-state index in [2.05, 4.69) is 5.32 Å². The van der Waals surface area contributed by atoms with E-state index in [0.717, 1.165) is 11.3 Å². The Morgan fingerprint density at radius 1 is 1.11 bits per heavy atom. The topological polar surface area (TPSA) is 55.1 Å². The molecule has 0 aliphatic carbocycles. The van der Waals surface area contributed by atoms with Gasteiger partial charge in [-0.1, -0.05) is 36.4 Å². The number of hydrogen-bond acceptors (Lipinski definition) is 2. The van der Waals surface area contributed by atoms with Gasteiger partial charge in [-0.05, 0) is 30.7 Å². The Hall–Kier alpha value is -2.29. The molecule has 0 aliphatic heterocycles. The van der Waals surface area contributed by atoms with Crippen LogP contribution in [0, 0.1) is 0 Å². The first-order valence-electron chi connectivity index (χ1n) is 5.88. The lowest BCUT2D eigenvalue weighted by Gasteiger charge is -2.12. The van der Waals surface area contributed by atoms with E-state index in [1.165, 1.54) is 0 Å². The molecule has 2 aromatic rings. The van der Waals surface area contributed by atoms with E-state index in [0.29, 0.717) is 5.69 Å². The molecule has 2 rings (SSSR count). The zero-order valence-corrected chi connectivity index (χ0v) is 10.3. The van der Waals surface area contributed by atoms with Crippen LogP contribution in [0.5, 0.6) is 0 Å². The summed E-state index contributed by atoms with van der Waals surface area (Å²) >= 11 is 0. The maximum atomic E-state index is 12.1. The zero-order chi connectivity index (χ0) is 13.0. The Labute approximate surface area is 107 Å². The summed E-state index contributed by atoms with van der Waals surface area (Å²) in [6, 6.07) is 16.9. The second-order valence-electron chi connectivity index (χ2n) is 4.25. The normalized spacial score (nSPS) is 11.8. The maximum absolute atomic E-state index is 12.1. The number of hydrogen-bond donors (Lipinski definition) is 2. The van der Waals surface area contributed by atoms with Gasteiger partial charge in [0.2, 0.25) is 5.91 Å². The molecule has 2 aromatic carbocycles. The van der Waals surface area contributed by atoms with Gasteiger partial charge in [-0.25, -0.2) is 0 Å². The number of carbonyl (C=O) groups is 1. The van der Waals surface area contributed by atoms with Gasteiger partial charge in [-0.3, -0.25) is 4.79 Å². The molecule has 0 radical (unpaired) electrons. The van der Waals surface area contributed by atoms with E-state index in [9.17, 15) is 4.79 Å². The molecule has 0 aliphatic rings. The highest BCUT2D eigenvalue weighted by molar-refractivity contribution is 5.95. The zero-order valence-electron chi connectivity index (χ0n) is 10.3. The van der Waals surface area contributed by atoms with E-state index < -0.39 is 0 Å². The van der Waals surface area contributed by atoms with Crippen molar-refractivity contribution in [2.24, 2.45) is 0 Å². The Kier molecular flexibility index (Phi) is 3.63. The molecule has 1 atom stereocenters. The summed E-state index contributed by atoms with van der Waals surface area (Å²) in [6.45, 7) is 1.89. The Morgan fingerprint density at radius 3 is 2.50 bits per heavy atom. The van der Waals surface area contributed by atoms with Gasteiger partial charge >= 0.3 is 0 Å². The van der Waals surface area contributed by atoms with E-state index in [1.807, 2.05) is 49.4 Å².